The highest BCUT2D eigenvalue weighted by atomic mass is 32.1. The predicted molar refractivity (Wildman–Crippen MR) is 65.0 cm³/mol. The van der Waals surface area contributed by atoms with Gasteiger partial charge in [0.2, 0.25) is 0 Å². The van der Waals surface area contributed by atoms with Gasteiger partial charge in [-0.2, -0.15) is 0 Å². The van der Waals surface area contributed by atoms with E-state index in [1.165, 1.54) is 10.4 Å². The molecule has 0 fully saturated rings. The maximum atomic E-state index is 5.57. The summed E-state index contributed by atoms with van der Waals surface area (Å²) in [4.78, 5) is 5.32. The quantitative estimate of drug-likeness (QED) is 0.857. The molecule has 0 unspecified atom stereocenters. The van der Waals surface area contributed by atoms with Crippen molar-refractivity contribution < 1.29 is 0 Å². The van der Waals surface area contributed by atoms with Gasteiger partial charge < -0.3 is 5.73 Å². The molecule has 2 N–H and O–H groups in total. The van der Waals surface area contributed by atoms with Crippen LogP contribution in [0.25, 0.3) is 0 Å². The first-order chi connectivity index (χ1) is 7.34. The van der Waals surface area contributed by atoms with Crippen LogP contribution < -0.4 is 5.73 Å². The highest BCUT2D eigenvalue weighted by molar-refractivity contribution is 7.15. The minimum atomic E-state index is 0.671. The van der Waals surface area contributed by atoms with Crippen LogP contribution in [0.3, 0.4) is 0 Å². The molecule has 0 amide bonds. The Kier molecular flexibility index (Phi) is 3.35. The van der Waals surface area contributed by atoms with Crippen molar-refractivity contribution in [1.82, 2.24) is 4.98 Å². The Balaban J connectivity index is 1.80. The highest BCUT2D eigenvalue weighted by Gasteiger charge is 1.98. The minimum Gasteiger partial charge on any atom is -0.375 e. The van der Waals surface area contributed by atoms with Crippen molar-refractivity contribution in [3.05, 3.63) is 47.0 Å². The van der Waals surface area contributed by atoms with Crippen LogP contribution in [0, 0.1) is 0 Å². The molecule has 15 heavy (non-hydrogen) atoms. The number of aromatic nitrogens is 1. The van der Waals surface area contributed by atoms with E-state index in [1.54, 1.807) is 11.3 Å². The van der Waals surface area contributed by atoms with Crippen LogP contribution in [0.15, 0.2) is 36.5 Å². The standard InChI is InChI=1S/C12H14N2S/c13-12-14-9-11(15-12)8-4-7-10-5-2-1-3-6-10/h1-3,5-6,9H,4,7-8H2,(H2,13,14). The van der Waals surface area contributed by atoms with Crippen LogP contribution in [-0.4, -0.2) is 4.98 Å². The van der Waals surface area contributed by atoms with Crippen molar-refractivity contribution in [3.63, 3.8) is 0 Å². The predicted octanol–water partition coefficient (Wildman–Crippen LogP) is 2.90. The Morgan fingerprint density at radius 3 is 2.60 bits per heavy atom. The monoisotopic (exact) mass is 218 g/mol. The number of rotatable bonds is 4. The normalized spacial score (nSPS) is 10.4. The first-order valence-corrected chi connectivity index (χ1v) is 5.90. The first kappa shape index (κ1) is 10.2. The molecule has 78 valence electrons. The third kappa shape index (κ3) is 3.06. The van der Waals surface area contributed by atoms with Crippen LogP contribution >= 0.6 is 11.3 Å². The van der Waals surface area contributed by atoms with Gasteiger partial charge in [-0.05, 0) is 24.8 Å². The molecule has 0 aliphatic carbocycles. The van der Waals surface area contributed by atoms with Crippen molar-refractivity contribution in [2.45, 2.75) is 19.3 Å². The molecule has 0 spiro atoms. The summed E-state index contributed by atoms with van der Waals surface area (Å²) >= 11 is 1.59. The number of benzene rings is 1. The summed E-state index contributed by atoms with van der Waals surface area (Å²) in [6.07, 6.45) is 5.24. The maximum Gasteiger partial charge on any atom is 0.180 e. The molecule has 0 saturated carbocycles. The van der Waals surface area contributed by atoms with E-state index in [1.807, 2.05) is 12.3 Å². The average Bonchev–Trinajstić information content (AvgIpc) is 2.66. The molecule has 0 aliphatic heterocycles. The Bertz CT molecular complexity index is 409. The Labute approximate surface area is 93.8 Å². The molecular formula is C12H14N2S. The molecule has 2 nitrogen and oxygen atoms in total. The number of hydrogen-bond donors (Lipinski definition) is 1. The molecule has 2 rings (SSSR count). The molecule has 0 bridgehead atoms. The van der Waals surface area contributed by atoms with Crippen molar-refractivity contribution in [3.8, 4) is 0 Å². The summed E-state index contributed by atoms with van der Waals surface area (Å²) in [5.41, 5.74) is 6.97. The highest BCUT2D eigenvalue weighted by Crippen LogP contribution is 2.17. The minimum absolute atomic E-state index is 0.671. The van der Waals surface area contributed by atoms with Gasteiger partial charge in [-0.1, -0.05) is 30.3 Å². The number of thiazole rings is 1. The average molecular weight is 218 g/mol. The summed E-state index contributed by atoms with van der Waals surface area (Å²) in [7, 11) is 0. The summed E-state index contributed by atoms with van der Waals surface area (Å²) in [6, 6.07) is 10.6. The fraction of sp³-hybridized carbons (Fsp3) is 0.250. The van der Waals surface area contributed by atoms with E-state index >= 15 is 0 Å². The number of anilines is 1. The lowest BCUT2D eigenvalue weighted by atomic mass is 10.1. The molecule has 2 aromatic rings. The SMILES string of the molecule is Nc1ncc(CCCc2ccccc2)s1. The number of hydrogen-bond acceptors (Lipinski definition) is 3. The molecule has 0 aliphatic rings. The van der Waals surface area contributed by atoms with E-state index in [0.717, 1.165) is 19.3 Å². The van der Waals surface area contributed by atoms with Crippen molar-refractivity contribution in [1.29, 1.82) is 0 Å². The van der Waals surface area contributed by atoms with Crippen LogP contribution in [0.2, 0.25) is 0 Å². The fourth-order valence-electron chi connectivity index (χ4n) is 1.55. The van der Waals surface area contributed by atoms with Gasteiger partial charge in [0.15, 0.2) is 5.13 Å². The molecule has 1 aromatic heterocycles. The van der Waals surface area contributed by atoms with Gasteiger partial charge in [0.25, 0.3) is 0 Å². The van der Waals surface area contributed by atoms with E-state index in [9.17, 15) is 0 Å². The topological polar surface area (TPSA) is 38.9 Å². The number of aryl methyl sites for hydroxylation is 2. The van der Waals surface area contributed by atoms with Crippen LogP contribution in [0.1, 0.15) is 16.9 Å². The van der Waals surface area contributed by atoms with E-state index in [-0.39, 0.29) is 0 Å². The third-order valence-electron chi connectivity index (χ3n) is 2.30. The van der Waals surface area contributed by atoms with Crippen LogP contribution in [0.4, 0.5) is 5.13 Å². The Morgan fingerprint density at radius 2 is 1.93 bits per heavy atom. The lowest BCUT2D eigenvalue weighted by Crippen LogP contribution is -1.87. The summed E-state index contributed by atoms with van der Waals surface area (Å²) in [5, 5.41) is 0.671. The van der Waals surface area contributed by atoms with Gasteiger partial charge in [0.1, 0.15) is 0 Å². The second-order valence-corrected chi connectivity index (χ2v) is 4.65. The second kappa shape index (κ2) is 4.94. The van der Waals surface area contributed by atoms with E-state index in [4.69, 9.17) is 5.73 Å². The zero-order valence-corrected chi connectivity index (χ0v) is 9.33. The van der Waals surface area contributed by atoms with E-state index in [0.29, 0.717) is 5.13 Å². The number of nitrogens with zero attached hydrogens (tertiary/aromatic N) is 1. The lowest BCUT2D eigenvalue weighted by Gasteiger charge is -1.99. The van der Waals surface area contributed by atoms with Crippen molar-refractivity contribution in [2.75, 3.05) is 5.73 Å². The van der Waals surface area contributed by atoms with E-state index in [2.05, 4.69) is 29.2 Å². The molecule has 0 atom stereocenters. The first-order valence-electron chi connectivity index (χ1n) is 5.09. The van der Waals surface area contributed by atoms with Crippen molar-refractivity contribution in [2.24, 2.45) is 0 Å². The second-order valence-electron chi connectivity index (χ2n) is 3.50. The molecule has 1 aromatic carbocycles. The Hall–Kier alpha value is -1.35. The van der Waals surface area contributed by atoms with Gasteiger partial charge >= 0.3 is 0 Å². The van der Waals surface area contributed by atoms with Gasteiger partial charge in [-0.3, -0.25) is 0 Å². The van der Waals surface area contributed by atoms with Gasteiger partial charge in [-0.25, -0.2) is 4.98 Å². The zero-order valence-electron chi connectivity index (χ0n) is 8.52. The molecule has 0 radical (unpaired) electrons. The third-order valence-corrected chi connectivity index (χ3v) is 3.19. The van der Waals surface area contributed by atoms with Crippen LogP contribution in [0.5, 0.6) is 0 Å². The van der Waals surface area contributed by atoms with Gasteiger partial charge in [0, 0.05) is 11.1 Å². The largest absolute Gasteiger partial charge is 0.375 e. The lowest BCUT2D eigenvalue weighted by molar-refractivity contribution is 0.829. The number of nitrogens with two attached hydrogens (primary N) is 1. The fourth-order valence-corrected chi connectivity index (χ4v) is 2.28. The summed E-state index contributed by atoms with van der Waals surface area (Å²) < 4.78 is 0. The number of nitrogen functional groups attached to an aromatic ring is 1. The Morgan fingerprint density at radius 1 is 1.13 bits per heavy atom. The van der Waals surface area contributed by atoms with Gasteiger partial charge in [-0.15, -0.1) is 11.3 Å². The van der Waals surface area contributed by atoms with Gasteiger partial charge in [0.05, 0.1) is 0 Å². The summed E-state index contributed by atoms with van der Waals surface area (Å²) in [6.45, 7) is 0. The van der Waals surface area contributed by atoms with Crippen LogP contribution in [-0.2, 0) is 12.8 Å². The van der Waals surface area contributed by atoms with E-state index < -0.39 is 0 Å². The summed E-state index contributed by atoms with van der Waals surface area (Å²) in [5.74, 6) is 0. The molecule has 0 saturated heterocycles. The van der Waals surface area contributed by atoms with Crippen molar-refractivity contribution >= 4 is 16.5 Å². The molecular weight excluding hydrogens is 204 g/mol. The molecule has 1 heterocycles. The zero-order chi connectivity index (χ0) is 10.5. The smallest absolute Gasteiger partial charge is 0.180 e. The molecule has 3 heteroatoms. The maximum absolute atomic E-state index is 5.57.